The summed E-state index contributed by atoms with van der Waals surface area (Å²) in [5.41, 5.74) is 1.03. The molecule has 4 heteroatoms. The lowest BCUT2D eigenvalue weighted by molar-refractivity contribution is 0.319. The van der Waals surface area contributed by atoms with E-state index in [1.165, 1.54) is 0 Å². The second-order valence-electron chi connectivity index (χ2n) is 3.24. The Morgan fingerprint density at radius 3 is 2.75 bits per heavy atom. The van der Waals surface area contributed by atoms with Crippen molar-refractivity contribution in [2.45, 2.75) is 6.42 Å². The normalized spacial score (nSPS) is 10.1. The van der Waals surface area contributed by atoms with Gasteiger partial charge in [-0.2, -0.15) is 0 Å². The summed E-state index contributed by atoms with van der Waals surface area (Å²) in [7, 11) is 0. The predicted molar refractivity (Wildman–Crippen MR) is 65.4 cm³/mol. The molecule has 0 aliphatic carbocycles. The third-order valence-corrected chi connectivity index (χ3v) is 2.52. The SMILES string of the molecule is Brc1ccc(OCCc2ccccn2)cn1. The smallest absolute Gasteiger partial charge is 0.137 e. The molecule has 0 fully saturated rings. The summed E-state index contributed by atoms with van der Waals surface area (Å²) in [6.07, 6.45) is 4.29. The predicted octanol–water partition coefficient (Wildman–Crippen LogP) is 2.86. The lowest BCUT2D eigenvalue weighted by atomic mass is 10.3. The molecule has 2 aromatic heterocycles. The molecule has 0 atom stereocenters. The number of rotatable bonds is 4. The monoisotopic (exact) mass is 278 g/mol. The molecule has 2 heterocycles. The molecule has 3 nitrogen and oxygen atoms in total. The number of ether oxygens (including phenoxy) is 1. The van der Waals surface area contributed by atoms with Crippen molar-refractivity contribution in [3.8, 4) is 5.75 Å². The molecule has 82 valence electrons. The third-order valence-electron chi connectivity index (χ3n) is 2.05. The standard InChI is InChI=1S/C12H11BrN2O/c13-12-5-4-11(9-15-12)16-8-6-10-3-1-2-7-14-10/h1-5,7,9H,6,8H2. The highest BCUT2D eigenvalue weighted by molar-refractivity contribution is 9.10. The van der Waals surface area contributed by atoms with E-state index in [2.05, 4.69) is 25.9 Å². The van der Waals surface area contributed by atoms with Gasteiger partial charge in [0.2, 0.25) is 0 Å². The molecule has 0 aliphatic heterocycles. The molecule has 0 radical (unpaired) electrons. The molecule has 0 saturated carbocycles. The van der Waals surface area contributed by atoms with E-state index in [0.29, 0.717) is 6.61 Å². The summed E-state index contributed by atoms with van der Waals surface area (Å²) in [6.45, 7) is 0.611. The van der Waals surface area contributed by atoms with Gasteiger partial charge in [0.1, 0.15) is 10.4 Å². The van der Waals surface area contributed by atoms with Crippen molar-refractivity contribution in [1.82, 2.24) is 9.97 Å². The summed E-state index contributed by atoms with van der Waals surface area (Å²) >= 11 is 3.27. The molecule has 2 aromatic rings. The van der Waals surface area contributed by atoms with Crippen molar-refractivity contribution in [2.24, 2.45) is 0 Å². The average molecular weight is 279 g/mol. The van der Waals surface area contributed by atoms with Crippen molar-refractivity contribution in [3.05, 3.63) is 53.0 Å². The summed E-state index contributed by atoms with van der Waals surface area (Å²) < 4.78 is 6.35. The lowest BCUT2D eigenvalue weighted by Crippen LogP contribution is -2.02. The maximum absolute atomic E-state index is 5.54. The van der Waals surface area contributed by atoms with Crippen LogP contribution in [0.5, 0.6) is 5.75 Å². The maximum Gasteiger partial charge on any atom is 0.137 e. The zero-order chi connectivity index (χ0) is 11.2. The highest BCUT2D eigenvalue weighted by Gasteiger charge is 1.96. The average Bonchev–Trinajstić information content (AvgIpc) is 2.33. The van der Waals surface area contributed by atoms with Crippen LogP contribution in [0.3, 0.4) is 0 Å². The summed E-state index contributed by atoms with van der Waals surface area (Å²) in [6, 6.07) is 9.61. The Labute approximate surface area is 103 Å². The summed E-state index contributed by atoms with van der Waals surface area (Å²) in [4.78, 5) is 8.30. The molecule has 0 aromatic carbocycles. The molecule has 16 heavy (non-hydrogen) atoms. The van der Waals surface area contributed by atoms with Gasteiger partial charge in [-0.1, -0.05) is 6.07 Å². The third kappa shape index (κ3) is 3.31. The Hall–Kier alpha value is -1.42. The highest BCUT2D eigenvalue weighted by Crippen LogP contribution is 2.12. The van der Waals surface area contributed by atoms with Crippen LogP contribution in [0.1, 0.15) is 5.69 Å². The number of hydrogen-bond donors (Lipinski definition) is 0. The van der Waals surface area contributed by atoms with E-state index < -0.39 is 0 Å². The number of hydrogen-bond acceptors (Lipinski definition) is 3. The summed E-state index contributed by atoms with van der Waals surface area (Å²) in [5, 5.41) is 0. The minimum Gasteiger partial charge on any atom is -0.492 e. The molecule has 0 bridgehead atoms. The molecule has 0 amide bonds. The van der Waals surface area contributed by atoms with Gasteiger partial charge in [0, 0.05) is 18.3 Å². The van der Waals surface area contributed by atoms with Crippen LogP contribution >= 0.6 is 15.9 Å². The van der Waals surface area contributed by atoms with Gasteiger partial charge in [-0.15, -0.1) is 0 Å². The van der Waals surface area contributed by atoms with E-state index in [1.807, 2.05) is 30.3 Å². The maximum atomic E-state index is 5.54. The van der Waals surface area contributed by atoms with Crippen LogP contribution in [0.4, 0.5) is 0 Å². The van der Waals surface area contributed by atoms with Crippen LogP contribution in [0.25, 0.3) is 0 Å². The van der Waals surface area contributed by atoms with Crippen LogP contribution < -0.4 is 4.74 Å². The molecule has 0 spiro atoms. The van der Waals surface area contributed by atoms with E-state index in [9.17, 15) is 0 Å². The van der Waals surface area contributed by atoms with Gasteiger partial charge in [0.25, 0.3) is 0 Å². The number of pyridine rings is 2. The van der Waals surface area contributed by atoms with Crippen molar-refractivity contribution in [1.29, 1.82) is 0 Å². The molecule has 0 N–H and O–H groups in total. The van der Waals surface area contributed by atoms with E-state index >= 15 is 0 Å². The van der Waals surface area contributed by atoms with Gasteiger partial charge < -0.3 is 4.74 Å². The van der Waals surface area contributed by atoms with Gasteiger partial charge in [-0.3, -0.25) is 4.98 Å². The fourth-order valence-corrected chi connectivity index (χ4v) is 1.50. The quantitative estimate of drug-likeness (QED) is 0.807. The molecule has 0 unspecified atom stereocenters. The second-order valence-corrected chi connectivity index (χ2v) is 4.05. The first-order chi connectivity index (χ1) is 7.84. The Morgan fingerprint density at radius 1 is 1.12 bits per heavy atom. The highest BCUT2D eigenvalue weighted by atomic mass is 79.9. The first-order valence-electron chi connectivity index (χ1n) is 4.99. The van der Waals surface area contributed by atoms with Crippen molar-refractivity contribution in [2.75, 3.05) is 6.61 Å². The first kappa shape index (κ1) is 11.1. The number of nitrogens with zero attached hydrogens (tertiary/aromatic N) is 2. The Balaban J connectivity index is 1.82. The molecular formula is C12H11BrN2O. The van der Waals surface area contributed by atoms with E-state index in [4.69, 9.17) is 4.74 Å². The fraction of sp³-hybridized carbons (Fsp3) is 0.167. The van der Waals surface area contributed by atoms with Gasteiger partial charge in [0.05, 0.1) is 12.8 Å². The molecule has 0 aliphatic rings. The van der Waals surface area contributed by atoms with Crippen LogP contribution in [0, 0.1) is 0 Å². The largest absolute Gasteiger partial charge is 0.492 e. The molecule has 2 rings (SSSR count). The molecular weight excluding hydrogens is 268 g/mol. The van der Waals surface area contributed by atoms with E-state index in [1.54, 1.807) is 12.4 Å². The van der Waals surface area contributed by atoms with Crippen LogP contribution in [0.2, 0.25) is 0 Å². The van der Waals surface area contributed by atoms with Gasteiger partial charge >= 0.3 is 0 Å². The second kappa shape index (κ2) is 5.61. The lowest BCUT2D eigenvalue weighted by Gasteiger charge is -2.04. The Bertz CT molecular complexity index is 431. The van der Waals surface area contributed by atoms with Crippen LogP contribution in [-0.2, 0) is 6.42 Å². The van der Waals surface area contributed by atoms with Gasteiger partial charge in [-0.25, -0.2) is 4.98 Å². The Kier molecular flexibility index (Phi) is 3.88. The van der Waals surface area contributed by atoms with Gasteiger partial charge in [-0.05, 0) is 40.2 Å². The number of aromatic nitrogens is 2. The van der Waals surface area contributed by atoms with E-state index in [0.717, 1.165) is 22.5 Å². The number of halogens is 1. The fourth-order valence-electron chi connectivity index (χ4n) is 1.27. The van der Waals surface area contributed by atoms with Crippen LogP contribution in [0.15, 0.2) is 47.3 Å². The molecule has 0 saturated heterocycles. The topological polar surface area (TPSA) is 35.0 Å². The van der Waals surface area contributed by atoms with Gasteiger partial charge in [0.15, 0.2) is 0 Å². The summed E-state index contributed by atoms with van der Waals surface area (Å²) in [5.74, 6) is 0.777. The van der Waals surface area contributed by atoms with Crippen molar-refractivity contribution in [3.63, 3.8) is 0 Å². The minimum atomic E-state index is 0.611. The zero-order valence-electron chi connectivity index (χ0n) is 8.64. The van der Waals surface area contributed by atoms with Crippen molar-refractivity contribution >= 4 is 15.9 Å². The van der Waals surface area contributed by atoms with Crippen molar-refractivity contribution < 1.29 is 4.74 Å². The Morgan fingerprint density at radius 2 is 2.06 bits per heavy atom. The van der Waals surface area contributed by atoms with Crippen LogP contribution in [-0.4, -0.2) is 16.6 Å². The first-order valence-corrected chi connectivity index (χ1v) is 5.78. The minimum absolute atomic E-state index is 0.611. The van der Waals surface area contributed by atoms with E-state index in [-0.39, 0.29) is 0 Å². The zero-order valence-corrected chi connectivity index (χ0v) is 10.2.